The van der Waals surface area contributed by atoms with Crippen molar-refractivity contribution in [2.24, 2.45) is 5.92 Å². The summed E-state index contributed by atoms with van der Waals surface area (Å²) in [4.78, 5) is 53.7. The second-order valence-electron chi connectivity index (χ2n) is 9.93. The van der Waals surface area contributed by atoms with E-state index in [9.17, 15) is 14.4 Å². The number of ether oxygens (including phenoxy) is 1. The molecule has 1 saturated carbocycles. The van der Waals surface area contributed by atoms with Crippen molar-refractivity contribution in [3.8, 4) is 11.5 Å². The van der Waals surface area contributed by atoms with Gasteiger partial charge in [0, 0.05) is 18.8 Å². The number of thiophene rings is 1. The van der Waals surface area contributed by atoms with Gasteiger partial charge in [-0.2, -0.15) is 0 Å². The van der Waals surface area contributed by atoms with Gasteiger partial charge >= 0.3 is 6.03 Å². The molecular weight excluding hydrogens is 542 g/mol. The van der Waals surface area contributed by atoms with Crippen LogP contribution in [-0.4, -0.2) is 45.4 Å². The van der Waals surface area contributed by atoms with Crippen LogP contribution in [0.2, 0.25) is 0 Å². The molecule has 0 saturated heterocycles. The molecule has 1 fully saturated rings. The number of amides is 4. The van der Waals surface area contributed by atoms with Gasteiger partial charge in [-0.1, -0.05) is 13.0 Å². The summed E-state index contributed by atoms with van der Waals surface area (Å²) in [6.07, 6.45) is 10.1. The van der Waals surface area contributed by atoms with Crippen LogP contribution >= 0.6 is 11.3 Å². The third-order valence-electron chi connectivity index (χ3n) is 7.33. The number of hydrogen-bond acceptors (Lipinski definition) is 8. The highest BCUT2D eigenvalue weighted by atomic mass is 32.1. The van der Waals surface area contributed by atoms with E-state index in [1.54, 1.807) is 35.6 Å². The minimum Gasteiger partial charge on any atom is -0.454 e. The molecule has 208 valence electrons. The standard InChI is InChI=1S/C29H27N7O4S/c1-3-23(37)33-12-17-5-4-6-20(17)34-27(38)26-25-24-22(9-10-32-28(24)41-26)36(29(39)35-25)21-8-7-18(11-16(21)2)40-19-13-30-15-31-14-19/h3,7-11,13-15,17,20H,1,4-6,12H2,2H3,(H,33,37)(H,34,38)(H,35,39)/t17-,20-/m1/s1. The van der Waals surface area contributed by atoms with Crippen molar-refractivity contribution in [1.82, 2.24) is 25.6 Å². The number of nitrogens with one attached hydrogen (secondary N) is 3. The summed E-state index contributed by atoms with van der Waals surface area (Å²) in [5.41, 5.74) is 2.59. The third-order valence-corrected chi connectivity index (χ3v) is 8.43. The van der Waals surface area contributed by atoms with Crippen molar-refractivity contribution in [1.29, 1.82) is 0 Å². The average molecular weight is 570 g/mol. The Bertz CT molecular complexity index is 1670. The Balaban J connectivity index is 1.27. The van der Waals surface area contributed by atoms with Gasteiger partial charge in [-0.3, -0.25) is 14.5 Å². The fourth-order valence-corrected chi connectivity index (χ4v) is 6.43. The smallest absolute Gasteiger partial charge is 0.331 e. The van der Waals surface area contributed by atoms with E-state index in [4.69, 9.17) is 4.74 Å². The Labute approximate surface area is 239 Å². The molecule has 0 spiro atoms. The number of aryl methyl sites for hydroxylation is 1. The Hall–Kier alpha value is -4.84. The molecule has 0 bridgehead atoms. The van der Waals surface area contributed by atoms with Crippen LogP contribution in [0.15, 0.2) is 61.8 Å². The topological polar surface area (TPSA) is 138 Å². The molecule has 3 aromatic heterocycles. The second-order valence-corrected chi connectivity index (χ2v) is 10.9. The van der Waals surface area contributed by atoms with Crippen molar-refractivity contribution in [2.75, 3.05) is 16.8 Å². The molecular formula is C29H27N7O4S. The Morgan fingerprint density at radius 3 is 2.80 bits per heavy atom. The SMILES string of the molecule is C=CC(=O)NC[C@H]1CCC[C@H]1NC(=O)c1sc2nccc3c2c1NC(=O)N3c1ccc(Oc2cncnc2)cc1C. The lowest BCUT2D eigenvalue weighted by Gasteiger charge is -2.29. The van der Waals surface area contributed by atoms with Crippen LogP contribution in [0.5, 0.6) is 11.5 Å². The summed E-state index contributed by atoms with van der Waals surface area (Å²) in [5.74, 6) is 0.715. The summed E-state index contributed by atoms with van der Waals surface area (Å²) in [5, 5.41) is 9.63. The first kappa shape index (κ1) is 26.4. The number of pyridine rings is 1. The predicted octanol–water partition coefficient (Wildman–Crippen LogP) is 5.07. The minimum atomic E-state index is -0.378. The van der Waals surface area contributed by atoms with E-state index < -0.39 is 0 Å². The van der Waals surface area contributed by atoms with Crippen molar-refractivity contribution < 1.29 is 19.1 Å². The fraction of sp³-hybridized carbons (Fsp3) is 0.241. The van der Waals surface area contributed by atoms with Crippen LogP contribution in [0.1, 0.15) is 34.5 Å². The lowest BCUT2D eigenvalue weighted by atomic mass is 10.0. The molecule has 1 aromatic carbocycles. The van der Waals surface area contributed by atoms with Crippen LogP contribution in [-0.2, 0) is 4.79 Å². The van der Waals surface area contributed by atoms with Gasteiger partial charge in [0.2, 0.25) is 5.91 Å². The van der Waals surface area contributed by atoms with Gasteiger partial charge in [0.15, 0.2) is 5.75 Å². The number of aromatic nitrogens is 3. The number of carbonyl (C=O) groups is 3. The first-order valence-corrected chi connectivity index (χ1v) is 14.0. The molecule has 1 aliphatic heterocycles. The zero-order valence-corrected chi connectivity index (χ0v) is 23.0. The molecule has 0 unspecified atom stereocenters. The molecule has 4 aromatic rings. The van der Waals surface area contributed by atoms with Gasteiger partial charge in [0.25, 0.3) is 5.91 Å². The quantitative estimate of drug-likeness (QED) is 0.252. The normalized spacial score (nSPS) is 17.7. The van der Waals surface area contributed by atoms with Gasteiger partial charge in [0.05, 0.1) is 34.8 Å². The fourth-order valence-electron chi connectivity index (χ4n) is 5.41. The third kappa shape index (κ3) is 5.09. The van der Waals surface area contributed by atoms with Gasteiger partial charge in [-0.05, 0) is 61.6 Å². The van der Waals surface area contributed by atoms with Gasteiger partial charge < -0.3 is 20.7 Å². The van der Waals surface area contributed by atoms with Crippen LogP contribution in [0, 0.1) is 12.8 Å². The summed E-state index contributed by atoms with van der Waals surface area (Å²) in [7, 11) is 0. The Morgan fingerprint density at radius 1 is 1.20 bits per heavy atom. The second kappa shape index (κ2) is 11.0. The first-order valence-electron chi connectivity index (χ1n) is 13.2. The number of urea groups is 1. The van der Waals surface area contributed by atoms with Gasteiger partial charge in [-0.15, -0.1) is 11.3 Å². The molecule has 4 heterocycles. The van der Waals surface area contributed by atoms with Crippen molar-refractivity contribution >= 4 is 56.5 Å². The molecule has 4 amide bonds. The van der Waals surface area contributed by atoms with E-state index in [0.29, 0.717) is 50.2 Å². The monoisotopic (exact) mass is 569 g/mol. The highest BCUT2D eigenvalue weighted by molar-refractivity contribution is 7.21. The van der Waals surface area contributed by atoms with Crippen LogP contribution < -0.4 is 25.6 Å². The molecule has 11 nitrogen and oxygen atoms in total. The predicted molar refractivity (Wildman–Crippen MR) is 156 cm³/mol. The molecule has 12 heteroatoms. The van der Waals surface area contributed by atoms with E-state index in [1.165, 1.54) is 23.7 Å². The molecule has 2 atom stereocenters. The summed E-state index contributed by atoms with van der Waals surface area (Å²) in [6.45, 7) is 5.85. The largest absolute Gasteiger partial charge is 0.454 e. The lowest BCUT2D eigenvalue weighted by molar-refractivity contribution is -0.116. The maximum Gasteiger partial charge on any atom is 0.331 e. The molecule has 41 heavy (non-hydrogen) atoms. The molecule has 0 radical (unpaired) electrons. The number of anilines is 3. The number of rotatable bonds is 8. The summed E-state index contributed by atoms with van der Waals surface area (Å²) < 4.78 is 5.84. The van der Waals surface area contributed by atoms with Gasteiger partial charge in [0.1, 0.15) is 21.8 Å². The Morgan fingerprint density at radius 2 is 2.02 bits per heavy atom. The Kier molecular flexibility index (Phi) is 7.06. The number of benzene rings is 1. The average Bonchev–Trinajstić information content (AvgIpc) is 3.58. The highest BCUT2D eigenvalue weighted by Crippen LogP contribution is 2.46. The molecule has 2 aliphatic rings. The van der Waals surface area contributed by atoms with Gasteiger partial charge in [-0.25, -0.2) is 19.7 Å². The van der Waals surface area contributed by atoms with E-state index >= 15 is 0 Å². The van der Waals surface area contributed by atoms with Crippen molar-refractivity contribution in [2.45, 2.75) is 32.2 Å². The van der Waals surface area contributed by atoms with E-state index in [-0.39, 0.29) is 29.8 Å². The van der Waals surface area contributed by atoms with Crippen molar-refractivity contribution in [3.63, 3.8) is 0 Å². The number of carbonyl (C=O) groups excluding carboxylic acids is 3. The number of nitrogens with zero attached hydrogens (tertiary/aromatic N) is 4. The minimum absolute atomic E-state index is 0.0842. The number of hydrogen-bond donors (Lipinski definition) is 3. The zero-order valence-electron chi connectivity index (χ0n) is 22.2. The van der Waals surface area contributed by atoms with E-state index in [2.05, 4.69) is 37.5 Å². The molecule has 3 N–H and O–H groups in total. The lowest BCUT2D eigenvalue weighted by Crippen LogP contribution is -2.42. The van der Waals surface area contributed by atoms with Crippen LogP contribution in [0.25, 0.3) is 10.2 Å². The first-order chi connectivity index (χ1) is 19.9. The maximum atomic E-state index is 13.5. The van der Waals surface area contributed by atoms with Crippen LogP contribution in [0.4, 0.5) is 21.9 Å². The zero-order chi connectivity index (χ0) is 28.5. The summed E-state index contributed by atoms with van der Waals surface area (Å²) in [6, 6.07) is 6.75. The van der Waals surface area contributed by atoms with E-state index in [1.807, 2.05) is 19.1 Å². The summed E-state index contributed by atoms with van der Waals surface area (Å²) >= 11 is 1.24. The van der Waals surface area contributed by atoms with Crippen LogP contribution in [0.3, 0.4) is 0 Å². The molecule has 6 rings (SSSR count). The maximum absolute atomic E-state index is 13.5. The van der Waals surface area contributed by atoms with E-state index in [0.717, 1.165) is 24.8 Å². The molecule has 1 aliphatic carbocycles. The highest BCUT2D eigenvalue weighted by Gasteiger charge is 2.35. The van der Waals surface area contributed by atoms with Crippen molar-refractivity contribution in [3.05, 3.63) is 72.3 Å².